The van der Waals surface area contributed by atoms with Crippen LogP contribution >= 0.6 is 23.1 Å². The van der Waals surface area contributed by atoms with Gasteiger partial charge in [-0.05, 0) is 11.4 Å². The van der Waals surface area contributed by atoms with Crippen LogP contribution in [0.15, 0.2) is 28.8 Å². The third-order valence-electron chi connectivity index (χ3n) is 4.25. The number of primary amides is 1. The van der Waals surface area contributed by atoms with Crippen molar-refractivity contribution in [3.05, 3.63) is 33.7 Å². The van der Waals surface area contributed by atoms with Crippen molar-refractivity contribution >= 4 is 47.0 Å². The van der Waals surface area contributed by atoms with E-state index in [-0.39, 0.29) is 53.9 Å². The average Bonchev–Trinajstić information content (AvgIpc) is 3.15. The van der Waals surface area contributed by atoms with Crippen LogP contribution in [-0.4, -0.2) is 59.3 Å². The molecule has 3 rings (SSSR count). The second-order valence-electron chi connectivity index (χ2n) is 5.93. The Kier molecular flexibility index (Phi) is 7.76. The Morgan fingerprint density at radius 2 is 2.17 bits per heavy atom. The molecule has 2 aliphatic rings. The van der Waals surface area contributed by atoms with Gasteiger partial charge >= 0.3 is 35.7 Å². The SMILES string of the molecule is CO[C@]1(NC(=O)Cc2cccs2)C(=O)N2C(C(=O)[O-])=C(COC(N)=O)CS[C@H]21.[Na+]. The number of methoxy groups -OCH3 is 1. The van der Waals surface area contributed by atoms with E-state index in [0.717, 1.165) is 9.78 Å². The van der Waals surface area contributed by atoms with Crippen LogP contribution < -0.4 is 45.7 Å². The number of amides is 3. The maximum atomic E-state index is 12.8. The number of carbonyl (C=O) groups is 4. The van der Waals surface area contributed by atoms with Gasteiger partial charge in [0.15, 0.2) is 0 Å². The Hall–Kier alpha value is -1.57. The first-order valence-electron chi connectivity index (χ1n) is 7.99. The van der Waals surface area contributed by atoms with Crippen LogP contribution in [-0.2, 0) is 30.3 Å². The molecule has 3 amide bonds. The van der Waals surface area contributed by atoms with Crippen molar-refractivity contribution in [1.29, 1.82) is 0 Å². The number of aliphatic carboxylic acids is 1. The minimum absolute atomic E-state index is 0. The largest absolute Gasteiger partial charge is 1.00 e. The summed E-state index contributed by atoms with van der Waals surface area (Å²) in [6.45, 7) is -0.382. The molecule has 2 aliphatic heterocycles. The molecule has 0 aromatic carbocycles. The Morgan fingerprint density at radius 3 is 2.72 bits per heavy atom. The summed E-state index contributed by atoms with van der Waals surface area (Å²) in [4.78, 5) is 49.4. The van der Waals surface area contributed by atoms with Gasteiger partial charge in [0.1, 0.15) is 12.0 Å². The van der Waals surface area contributed by atoms with Crippen molar-refractivity contribution in [3.63, 3.8) is 0 Å². The van der Waals surface area contributed by atoms with Gasteiger partial charge in [0.2, 0.25) is 5.91 Å². The Morgan fingerprint density at radius 1 is 1.45 bits per heavy atom. The van der Waals surface area contributed by atoms with E-state index in [0.29, 0.717) is 0 Å². The van der Waals surface area contributed by atoms with Crippen molar-refractivity contribution in [2.75, 3.05) is 19.5 Å². The van der Waals surface area contributed by atoms with E-state index in [1.54, 1.807) is 12.1 Å². The quantitative estimate of drug-likeness (QED) is 0.241. The first-order valence-corrected chi connectivity index (χ1v) is 9.92. The van der Waals surface area contributed by atoms with Gasteiger partial charge in [-0.1, -0.05) is 6.07 Å². The molecule has 0 radical (unpaired) electrons. The summed E-state index contributed by atoms with van der Waals surface area (Å²) in [7, 11) is 1.26. The van der Waals surface area contributed by atoms with E-state index in [1.165, 1.54) is 30.2 Å². The second kappa shape index (κ2) is 9.49. The molecule has 0 aliphatic carbocycles. The minimum Gasteiger partial charge on any atom is -0.543 e. The number of rotatable bonds is 7. The maximum absolute atomic E-state index is 12.8. The van der Waals surface area contributed by atoms with Gasteiger partial charge in [0, 0.05) is 23.3 Å². The summed E-state index contributed by atoms with van der Waals surface area (Å²) in [6, 6.07) is 3.59. The molecule has 3 heterocycles. The number of fused-ring (bicyclic) bond motifs is 1. The first-order chi connectivity index (χ1) is 13.3. The van der Waals surface area contributed by atoms with Gasteiger partial charge in [-0.2, -0.15) is 0 Å². The normalized spacial score (nSPS) is 22.9. The van der Waals surface area contributed by atoms with E-state index in [1.807, 2.05) is 5.38 Å². The van der Waals surface area contributed by atoms with Crippen LogP contribution in [0.25, 0.3) is 0 Å². The van der Waals surface area contributed by atoms with Crippen LogP contribution in [0, 0.1) is 0 Å². The molecule has 0 saturated carbocycles. The zero-order valence-corrected chi connectivity index (χ0v) is 19.3. The second-order valence-corrected chi connectivity index (χ2v) is 8.03. The molecule has 0 spiro atoms. The van der Waals surface area contributed by atoms with Crippen molar-refractivity contribution in [2.45, 2.75) is 17.5 Å². The van der Waals surface area contributed by atoms with Gasteiger partial charge in [0.05, 0.1) is 18.1 Å². The third kappa shape index (κ3) is 4.47. The number of carboxylic acids is 1. The number of carboxylic acid groups (broad SMARTS) is 1. The number of hydrogen-bond acceptors (Lipinski definition) is 9. The molecule has 1 aromatic rings. The topological polar surface area (TPSA) is 151 Å². The van der Waals surface area contributed by atoms with Gasteiger partial charge in [-0.3, -0.25) is 14.5 Å². The Bertz CT molecular complexity index is 861. The van der Waals surface area contributed by atoms with Crippen molar-refractivity contribution in [3.8, 4) is 0 Å². The van der Waals surface area contributed by atoms with Crippen LogP contribution in [0.3, 0.4) is 0 Å². The predicted octanol–water partition coefficient (Wildman–Crippen LogP) is -4.23. The van der Waals surface area contributed by atoms with E-state index in [9.17, 15) is 24.3 Å². The number of thiophene rings is 1. The van der Waals surface area contributed by atoms with Crippen LogP contribution in [0.2, 0.25) is 0 Å². The molecule has 10 nitrogen and oxygen atoms in total. The predicted molar refractivity (Wildman–Crippen MR) is 96.6 cm³/mol. The van der Waals surface area contributed by atoms with Gasteiger partial charge in [0.25, 0.3) is 11.6 Å². The number of nitrogens with one attached hydrogen (secondary N) is 1. The maximum Gasteiger partial charge on any atom is 1.00 e. The molecule has 2 atom stereocenters. The molecule has 0 bridgehead atoms. The number of hydrogen-bond donors (Lipinski definition) is 2. The number of thioether (sulfide) groups is 1. The third-order valence-corrected chi connectivity index (χ3v) is 6.50. The molecular weight excluding hydrogens is 433 g/mol. The summed E-state index contributed by atoms with van der Waals surface area (Å²) in [5.74, 6) is -2.66. The van der Waals surface area contributed by atoms with Crippen LogP contribution in [0.1, 0.15) is 4.88 Å². The van der Waals surface area contributed by atoms with Crippen molar-refractivity contribution in [1.82, 2.24) is 10.2 Å². The van der Waals surface area contributed by atoms with Crippen LogP contribution in [0.4, 0.5) is 4.79 Å². The number of carbonyl (C=O) groups excluding carboxylic acids is 4. The zero-order valence-electron chi connectivity index (χ0n) is 15.6. The summed E-state index contributed by atoms with van der Waals surface area (Å²) in [5, 5.41) is 15.2. The summed E-state index contributed by atoms with van der Waals surface area (Å²) in [5.41, 5.74) is 2.99. The number of β-lactam (4-membered cyclic amide) rings is 1. The molecule has 29 heavy (non-hydrogen) atoms. The van der Waals surface area contributed by atoms with Crippen molar-refractivity contribution in [2.24, 2.45) is 5.73 Å². The van der Waals surface area contributed by atoms with E-state index in [4.69, 9.17) is 10.5 Å². The molecule has 1 aromatic heterocycles. The number of nitrogens with zero attached hydrogens (tertiary/aromatic N) is 1. The summed E-state index contributed by atoms with van der Waals surface area (Å²) in [6.07, 6.45) is -1.01. The van der Waals surface area contributed by atoms with Gasteiger partial charge < -0.3 is 30.4 Å². The molecule has 3 N–H and O–H groups in total. The van der Waals surface area contributed by atoms with Gasteiger partial charge in [-0.15, -0.1) is 23.1 Å². The fourth-order valence-corrected chi connectivity index (χ4v) is 5.15. The number of nitrogens with two attached hydrogens (primary N) is 1. The van der Waals surface area contributed by atoms with E-state index >= 15 is 0 Å². The fraction of sp³-hybridized carbons (Fsp3) is 0.375. The summed E-state index contributed by atoms with van der Waals surface area (Å²) >= 11 is 2.57. The molecule has 13 heteroatoms. The smallest absolute Gasteiger partial charge is 0.543 e. The van der Waals surface area contributed by atoms with Crippen molar-refractivity contribution < 1.29 is 63.3 Å². The molecule has 1 fully saturated rings. The standard InChI is InChI=1S/C16H17N3O7S2.Na/c1-25-16(18-10(20)5-9-3-2-4-27-9)13(23)19-11(12(21)22)8(6-26-15(17)24)7-28-14(16)19;/h2-4,14H,5-7H2,1H3,(H2,17,24)(H,18,20)(H,21,22);/q;+1/p-1/t14-,16+;/m0./s1. The van der Waals surface area contributed by atoms with Crippen LogP contribution in [0.5, 0.6) is 0 Å². The monoisotopic (exact) mass is 449 g/mol. The Balaban J connectivity index is 0.00000300. The number of ether oxygens (including phenoxy) is 2. The minimum atomic E-state index is -1.68. The van der Waals surface area contributed by atoms with E-state index in [2.05, 4.69) is 10.1 Å². The fourth-order valence-electron chi connectivity index (χ4n) is 3.02. The molecule has 0 unspecified atom stereocenters. The van der Waals surface area contributed by atoms with Gasteiger partial charge in [-0.25, -0.2) is 4.79 Å². The summed E-state index contributed by atoms with van der Waals surface area (Å²) < 4.78 is 9.97. The average molecular weight is 449 g/mol. The molecule has 1 saturated heterocycles. The Labute approximate surface area is 196 Å². The van der Waals surface area contributed by atoms with E-state index < -0.39 is 40.7 Å². The zero-order chi connectivity index (χ0) is 20.5. The molecule has 150 valence electrons. The first kappa shape index (κ1) is 23.7. The molecular formula is C16H16N3NaO7S2.